The van der Waals surface area contributed by atoms with E-state index < -0.39 is 5.51 Å². The van der Waals surface area contributed by atoms with Crippen molar-refractivity contribution in [2.45, 2.75) is 49.9 Å². The maximum Gasteiger partial charge on any atom is 0.441 e. The van der Waals surface area contributed by atoms with Crippen LogP contribution in [0.2, 0.25) is 0 Å². The Bertz CT molecular complexity index is 492. The number of aryl methyl sites for hydroxylation is 2. The standard InChI is InChI=1S/C17H24F4OS2/c1-13-11-14(2)16(23-10-7-18)12-15(13)22-8-5-3-4-6-9-24-17(19,20)21/h11-12H,3-10H2,1-2H3. The van der Waals surface area contributed by atoms with Gasteiger partial charge in [-0.2, -0.15) is 13.2 Å². The molecule has 24 heavy (non-hydrogen) atoms. The molecule has 0 atom stereocenters. The van der Waals surface area contributed by atoms with Crippen molar-refractivity contribution >= 4 is 23.5 Å². The maximum atomic E-state index is 12.3. The van der Waals surface area contributed by atoms with Gasteiger partial charge in [0.25, 0.3) is 0 Å². The highest BCUT2D eigenvalue weighted by Crippen LogP contribution is 2.31. The van der Waals surface area contributed by atoms with Crippen molar-refractivity contribution in [3.63, 3.8) is 0 Å². The van der Waals surface area contributed by atoms with Gasteiger partial charge in [0.05, 0.1) is 13.3 Å². The van der Waals surface area contributed by atoms with Gasteiger partial charge in [0.15, 0.2) is 0 Å². The highest BCUT2D eigenvalue weighted by atomic mass is 32.2. The summed E-state index contributed by atoms with van der Waals surface area (Å²) in [6.45, 7) is 4.15. The summed E-state index contributed by atoms with van der Waals surface area (Å²) in [6, 6.07) is 3.98. The molecule has 0 saturated carbocycles. The third kappa shape index (κ3) is 9.06. The first kappa shape index (κ1) is 21.5. The molecule has 1 aromatic carbocycles. The second-order valence-corrected chi connectivity index (χ2v) is 7.77. The van der Waals surface area contributed by atoms with Crippen LogP contribution in [-0.4, -0.2) is 30.3 Å². The van der Waals surface area contributed by atoms with E-state index in [9.17, 15) is 17.6 Å². The molecule has 0 aliphatic carbocycles. The topological polar surface area (TPSA) is 9.23 Å². The van der Waals surface area contributed by atoms with E-state index >= 15 is 0 Å². The lowest BCUT2D eigenvalue weighted by molar-refractivity contribution is -0.0328. The van der Waals surface area contributed by atoms with Crippen LogP contribution in [0.15, 0.2) is 17.0 Å². The number of benzene rings is 1. The smallest absolute Gasteiger partial charge is 0.441 e. The summed E-state index contributed by atoms with van der Waals surface area (Å²) in [5, 5.41) is 0. The van der Waals surface area contributed by atoms with Gasteiger partial charge in [0.2, 0.25) is 0 Å². The molecule has 7 heteroatoms. The van der Waals surface area contributed by atoms with Gasteiger partial charge >= 0.3 is 5.51 Å². The number of unbranched alkanes of at least 4 members (excludes halogenated alkanes) is 3. The molecule has 1 aromatic rings. The van der Waals surface area contributed by atoms with Crippen LogP contribution in [0.3, 0.4) is 0 Å². The molecule has 0 saturated heterocycles. The Morgan fingerprint density at radius 1 is 0.958 bits per heavy atom. The second-order valence-electron chi connectivity index (χ2n) is 5.48. The van der Waals surface area contributed by atoms with Gasteiger partial charge in [-0.15, -0.1) is 11.8 Å². The summed E-state index contributed by atoms with van der Waals surface area (Å²) in [5.41, 5.74) is -1.97. The predicted octanol–water partition coefficient (Wildman–Crippen LogP) is 6.56. The summed E-state index contributed by atoms with van der Waals surface area (Å²) < 4.78 is 54.0. The van der Waals surface area contributed by atoms with Crippen LogP contribution in [0.25, 0.3) is 0 Å². The van der Waals surface area contributed by atoms with Crippen LogP contribution in [0.4, 0.5) is 17.6 Å². The number of hydrogen-bond donors (Lipinski definition) is 0. The van der Waals surface area contributed by atoms with Crippen LogP contribution in [0.1, 0.15) is 36.8 Å². The Morgan fingerprint density at radius 3 is 2.33 bits per heavy atom. The molecule has 0 spiro atoms. The van der Waals surface area contributed by atoms with Crippen LogP contribution >= 0.6 is 23.5 Å². The molecular formula is C17H24F4OS2. The Labute approximate surface area is 149 Å². The zero-order valence-electron chi connectivity index (χ0n) is 14.0. The first-order valence-corrected chi connectivity index (χ1v) is 9.94. The van der Waals surface area contributed by atoms with E-state index in [-0.39, 0.29) is 24.2 Å². The van der Waals surface area contributed by atoms with Crippen LogP contribution in [0, 0.1) is 13.8 Å². The monoisotopic (exact) mass is 384 g/mol. The van der Waals surface area contributed by atoms with Gasteiger partial charge in [0, 0.05) is 16.4 Å². The van der Waals surface area contributed by atoms with Crippen molar-refractivity contribution in [2.75, 3.05) is 24.8 Å². The summed E-state index contributed by atoms with van der Waals surface area (Å²) >= 11 is 1.52. The Balaban J connectivity index is 2.27. The quantitative estimate of drug-likeness (QED) is 0.243. The lowest BCUT2D eigenvalue weighted by atomic mass is 10.1. The van der Waals surface area contributed by atoms with Gasteiger partial charge < -0.3 is 4.74 Å². The maximum absolute atomic E-state index is 12.3. The zero-order chi connectivity index (χ0) is 18.0. The third-order valence-corrected chi connectivity index (χ3v) is 5.30. The minimum Gasteiger partial charge on any atom is -0.493 e. The zero-order valence-corrected chi connectivity index (χ0v) is 15.7. The van der Waals surface area contributed by atoms with Gasteiger partial charge in [-0.1, -0.05) is 30.7 Å². The molecule has 0 N–H and O–H groups in total. The van der Waals surface area contributed by atoms with Crippen LogP contribution in [0.5, 0.6) is 5.75 Å². The van der Waals surface area contributed by atoms with Crippen LogP contribution in [-0.2, 0) is 0 Å². The average molecular weight is 385 g/mol. The molecule has 0 heterocycles. The molecule has 1 rings (SSSR count). The van der Waals surface area contributed by atoms with Crippen molar-refractivity contribution in [1.29, 1.82) is 0 Å². The number of thioether (sulfide) groups is 2. The minimum absolute atomic E-state index is 0.0453. The number of halogens is 4. The molecule has 0 bridgehead atoms. The van der Waals surface area contributed by atoms with Gasteiger partial charge in [-0.3, -0.25) is 4.39 Å². The van der Waals surface area contributed by atoms with E-state index in [4.69, 9.17) is 4.74 Å². The molecule has 0 unspecified atom stereocenters. The van der Waals surface area contributed by atoms with E-state index in [0.29, 0.717) is 18.8 Å². The fourth-order valence-electron chi connectivity index (χ4n) is 2.20. The van der Waals surface area contributed by atoms with Crippen molar-refractivity contribution in [1.82, 2.24) is 0 Å². The van der Waals surface area contributed by atoms with E-state index in [2.05, 4.69) is 0 Å². The minimum atomic E-state index is -4.12. The number of rotatable bonds is 11. The van der Waals surface area contributed by atoms with Crippen molar-refractivity contribution in [3.05, 3.63) is 23.3 Å². The largest absolute Gasteiger partial charge is 0.493 e. The predicted molar refractivity (Wildman–Crippen MR) is 95.1 cm³/mol. The van der Waals surface area contributed by atoms with E-state index in [0.717, 1.165) is 41.0 Å². The van der Waals surface area contributed by atoms with Gasteiger partial charge in [-0.25, -0.2) is 0 Å². The molecule has 0 aliphatic rings. The third-order valence-electron chi connectivity index (χ3n) is 3.37. The van der Waals surface area contributed by atoms with Crippen molar-refractivity contribution < 1.29 is 22.3 Å². The first-order valence-electron chi connectivity index (χ1n) is 7.97. The van der Waals surface area contributed by atoms with Crippen molar-refractivity contribution in [2.24, 2.45) is 0 Å². The van der Waals surface area contributed by atoms with Crippen LogP contribution < -0.4 is 4.74 Å². The SMILES string of the molecule is Cc1cc(C)c(SCCF)cc1OCCCCCCSC(F)(F)F. The molecular weight excluding hydrogens is 360 g/mol. The highest BCUT2D eigenvalue weighted by molar-refractivity contribution is 8.00. The number of ether oxygens (including phenoxy) is 1. The highest BCUT2D eigenvalue weighted by Gasteiger charge is 2.27. The van der Waals surface area contributed by atoms with Crippen molar-refractivity contribution in [3.8, 4) is 5.75 Å². The Kier molecular flexibility index (Phi) is 9.96. The fourth-order valence-corrected chi connectivity index (χ4v) is 3.55. The Hall–Kier alpha value is -0.560. The van der Waals surface area contributed by atoms with Gasteiger partial charge in [0.1, 0.15) is 5.75 Å². The molecule has 0 aliphatic heterocycles. The van der Waals surface area contributed by atoms with Gasteiger partial charge in [-0.05, 0) is 43.9 Å². The van der Waals surface area contributed by atoms with E-state index in [1.165, 1.54) is 11.8 Å². The number of alkyl halides is 4. The summed E-state index contributed by atoms with van der Waals surface area (Å²) in [4.78, 5) is 1.03. The summed E-state index contributed by atoms with van der Waals surface area (Å²) in [5.74, 6) is 1.35. The molecule has 1 nitrogen and oxygen atoms in total. The average Bonchev–Trinajstić information content (AvgIpc) is 2.49. The lowest BCUT2D eigenvalue weighted by Crippen LogP contribution is -2.02. The number of hydrogen-bond acceptors (Lipinski definition) is 3. The summed E-state index contributed by atoms with van der Waals surface area (Å²) in [7, 11) is 0. The normalized spacial score (nSPS) is 11.8. The molecule has 0 fully saturated rings. The van der Waals surface area contributed by atoms with E-state index in [1.807, 2.05) is 26.0 Å². The molecule has 138 valence electrons. The lowest BCUT2D eigenvalue weighted by Gasteiger charge is -2.13. The molecule has 0 aromatic heterocycles. The molecule has 0 radical (unpaired) electrons. The Morgan fingerprint density at radius 2 is 1.67 bits per heavy atom. The van der Waals surface area contributed by atoms with E-state index in [1.54, 1.807) is 0 Å². The second kappa shape index (κ2) is 11.1. The first-order chi connectivity index (χ1) is 11.3. The molecule has 0 amide bonds. The fraction of sp³-hybridized carbons (Fsp3) is 0.647. The summed E-state index contributed by atoms with van der Waals surface area (Å²) in [6.07, 6.45) is 3.01.